The number of carbonyl (C=O) groups excluding carboxylic acids is 2. The minimum absolute atomic E-state index is 0.0605. The number of hydrogen-bond acceptors (Lipinski definition) is 5. The Kier molecular flexibility index (Phi) is 44.0. The molecule has 0 aromatic rings. The van der Waals surface area contributed by atoms with E-state index < -0.39 is 6.10 Å². The third kappa shape index (κ3) is 43.8. The number of esters is 2. The first-order valence-corrected chi connectivity index (χ1v) is 23.1. The molecule has 0 aliphatic rings. The minimum Gasteiger partial charge on any atom is -0.462 e. The summed E-state index contributed by atoms with van der Waals surface area (Å²) >= 11 is 0. The Morgan fingerprint density at radius 3 is 1.32 bits per heavy atom. The lowest BCUT2D eigenvalue weighted by atomic mass is 10.1. The van der Waals surface area contributed by atoms with Gasteiger partial charge in [0, 0.05) is 19.4 Å². The minimum atomic E-state index is -0.561. The number of rotatable bonds is 41. The molecule has 320 valence electrons. The molecule has 0 radical (unpaired) electrons. The van der Waals surface area contributed by atoms with Gasteiger partial charge in [0.1, 0.15) is 6.61 Å². The zero-order chi connectivity index (χ0) is 40.7. The van der Waals surface area contributed by atoms with Crippen molar-refractivity contribution in [1.82, 2.24) is 0 Å². The van der Waals surface area contributed by atoms with Crippen molar-refractivity contribution >= 4 is 11.9 Å². The van der Waals surface area contributed by atoms with Crippen molar-refractivity contribution in [2.24, 2.45) is 0 Å². The van der Waals surface area contributed by atoms with Gasteiger partial charge in [0.2, 0.25) is 0 Å². The molecule has 1 atom stereocenters. The molecule has 0 amide bonds. The fraction of sp³-hybridized carbons (Fsp3) is 0.686. The molecule has 0 aromatic carbocycles. The maximum absolute atomic E-state index is 12.7. The van der Waals surface area contributed by atoms with Crippen LogP contribution in [0.1, 0.15) is 201 Å². The second-order valence-corrected chi connectivity index (χ2v) is 14.9. The van der Waals surface area contributed by atoms with Crippen molar-refractivity contribution in [3.05, 3.63) is 85.1 Å². The van der Waals surface area contributed by atoms with E-state index in [0.29, 0.717) is 19.4 Å². The molecule has 0 aliphatic carbocycles. The van der Waals surface area contributed by atoms with E-state index in [4.69, 9.17) is 14.2 Å². The van der Waals surface area contributed by atoms with Gasteiger partial charge in [-0.05, 0) is 89.9 Å². The molecule has 0 saturated carbocycles. The monoisotopic (exact) mass is 779 g/mol. The van der Waals surface area contributed by atoms with Crippen LogP contribution in [0.15, 0.2) is 85.1 Å². The van der Waals surface area contributed by atoms with Crippen LogP contribution < -0.4 is 0 Å². The molecular formula is C51H86O5. The lowest BCUT2D eigenvalue weighted by Crippen LogP contribution is -2.30. The van der Waals surface area contributed by atoms with Gasteiger partial charge in [0.05, 0.1) is 6.61 Å². The van der Waals surface area contributed by atoms with Crippen LogP contribution in [-0.2, 0) is 23.8 Å². The standard InChI is InChI=1S/C51H86O5/c1-4-7-10-13-16-19-21-23-25-26-28-29-31-33-35-38-41-44-50(52)55-48-49(47-54-46-43-40-37-18-15-12-9-6-3)56-51(53)45-42-39-36-34-32-30-27-24-22-20-17-14-11-8-5-2/h7-8,10-11,16-17,19-20,23-25,27,32,34,49H,4-6,9,12-15,18,21-22,26,28-31,33,35-48H2,1-3H3/b10-7-,11-8-,19-16-,20-17-,25-23-,27-24-,34-32-. The average Bonchev–Trinajstić information content (AvgIpc) is 3.20. The Morgan fingerprint density at radius 1 is 0.411 bits per heavy atom. The van der Waals surface area contributed by atoms with Crippen LogP contribution in [0.2, 0.25) is 0 Å². The summed E-state index contributed by atoms with van der Waals surface area (Å²) in [4.78, 5) is 25.2. The van der Waals surface area contributed by atoms with Crippen molar-refractivity contribution in [3.8, 4) is 0 Å². The predicted molar refractivity (Wildman–Crippen MR) is 242 cm³/mol. The van der Waals surface area contributed by atoms with Crippen molar-refractivity contribution in [2.45, 2.75) is 207 Å². The fourth-order valence-corrected chi connectivity index (χ4v) is 6.04. The summed E-state index contributed by atoms with van der Waals surface area (Å²) in [5, 5.41) is 0. The summed E-state index contributed by atoms with van der Waals surface area (Å²) in [6.07, 6.45) is 60.1. The molecule has 0 fully saturated rings. The highest BCUT2D eigenvalue weighted by molar-refractivity contribution is 5.70. The van der Waals surface area contributed by atoms with Crippen molar-refractivity contribution < 1.29 is 23.8 Å². The largest absolute Gasteiger partial charge is 0.462 e. The van der Waals surface area contributed by atoms with E-state index in [2.05, 4.69) is 106 Å². The predicted octanol–water partition coefficient (Wildman–Crippen LogP) is 15.3. The molecule has 1 unspecified atom stereocenters. The molecule has 0 heterocycles. The van der Waals surface area contributed by atoms with Crippen molar-refractivity contribution in [1.29, 1.82) is 0 Å². The maximum Gasteiger partial charge on any atom is 0.306 e. The van der Waals surface area contributed by atoms with E-state index in [9.17, 15) is 9.59 Å². The normalized spacial score (nSPS) is 13.0. The van der Waals surface area contributed by atoms with Crippen LogP contribution in [0, 0.1) is 0 Å². The summed E-state index contributed by atoms with van der Waals surface area (Å²) < 4.78 is 17.2. The molecule has 56 heavy (non-hydrogen) atoms. The second kappa shape index (κ2) is 46.5. The smallest absolute Gasteiger partial charge is 0.306 e. The highest BCUT2D eigenvalue weighted by Gasteiger charge is 2.17. The number of allylic oxidation sites excluding steroid dienone is 14. The number of hydrogen-bond donors (Lipinski definition) is 0. The Labute approximate surface area is 346 Å². The molecule has 0 aromatic heterocycles. The maximum atomic E-state index is 12.7. The molecule has 0 saturated heterocycles. The van der Waals surface area contributed by atoms with Gasteiger partial charge < -0.3 is 14.2 Å². The van der Waals surface area contributed by atoms with Crippen LogP contribution in [0.5, 0.6) is 0 Å². The topological polar surface area (TPSA) is 61.8 Å². The quantitative estimate of drug-likeness (QED) is 0.0351. The summed E-state index contributed by atoms with van der Waals surface area (Å²) in [7, 11) is 0. The van der Waals surface area contributed by atoms with Gasteiger partial charge in [-0.15, -0.1) is 0 Å². The first-order chi connectivity index (χ1) is 27.6. The van der Waals surface area contributed by atoms with Gasteiger partial charge in [-0.3, -0.25) is 9.59 Å². The molecule has 0 spiro atoms. The SMILES string of the molecule is CC/C=C\C/C=C\C/C=C\C/C=C\CCCCC(=O)OC(COCCCCCCCCCC)COC(=O)CCCCCCCCC/C=C\C/C=C\C/C=C\CC. The number of carbonyl (C=O) groups is 2. The highest BCUT2D eigenvalue weighted by Crippen LogP contribution is 2.12. The van der Waals surface area contributed by atoms with Gasteiger partial charge in [0.25, 0.3) is 0 Å². The number of unbranched alkanes of at least 4 members (excludes halogenated alkanes) is 16. The Morgan fingerprint density at radius 2 is 0.804 bits per heavy atom. The summed E-state index contributed by atoms with van der Waals surface area (Å²) in [5.41, 5.74) is 0. The van der Waals surface area contributed by atoms with Crippen LogP contribution >= 0.6 is 0 Å². The van der Waals surface area contributed by atoms with E-state index >= 15 is 0 Å². The van der Waals surface area contributed by atoms with E-state index in [-0.39, 0.29) is 25.2 Å². The van der Waals surface area contributed by atoms with Crippen molar-refractivity contribution in [2.75, 3.05) is 19.8 Å². The summed E-state index contributed by atoms with van der Waals surface area (Å²) in [5.74, 6) is -0.461. The fourth-order valence-electron chi connectivity index (χ4n) is 6.04. The van der Waals surface area contributed by atoms with E-state index in [1.165, 1.54) is 64.2 Å². The lowest BCUT2D eigenvalue weighted by Gasteiger charge is -2.18. The second-order valence-electron chi connectivity index (χ2n) is 14.9. The van der Waals surface area contributed by atoms with Gasteiger partial charge in [-0.2, -0.15) is 0 Å². The summed E-state index contributed by atoms with van der Waals surface area (Å²) in [6, 6.07) is 0. The third-order valence-electron chi connectivity index (χ3n) is 9.43. The van der Waals surface area contributed by atoms with Crippen LogP contribution in [0.3, 0.4) is 0 Å². The molecule has 0 aliphatic heterocycles. The average molecular weight is 779 g/mol. The summed E-state index contributed by atoms with van der Waals surface area (Å²) in [6.45, 7) is 7.52. The van der Waals surface area contributed by atoms with Crippen molar-refractivity contribution in [3.63, 3.8) is 0 Å². The van der Waals surface area contributed by atoms with Gasteiger partial charge in [-0.25, -0.2) is 0 Å². The van der Waals surface area contributed by atoms with Crippen LogP contribution in [-0.4, -0.2) is 37.9 Å². The Balaban J connectivity index is 4.28. The van der Waals surface area contributed by atoms with Gasteiger partial charge in [0.15, 0.2) is 6.10 Å². The highest BCUT2D eigenvalue weighted by atomic mass is 16.6. The van der Waals surface area contributed by atoms with Crippen LogP contribution in [0.4, 0.5) is 0 Å². The Bertz CT molecular complexity index is 1060. The third-order valence-corrected chi connectivity index (χ3v) is 9.43. The van der Waals surface area contributed by atoms with E-state index in [1.54, 1.807) is 0 Å². The lowest BCUT2D eigenvalue weighted by molar-refractivity contribution is -0.163. The zero-order valence-electron chi connectivity index (χ0n) is 36.6. The first-order valence-electron chi connectivity index (χ1n) is 23.1. The zero-order valence-corrected chi connectivity index (χ0v) is 36.6. The van der Waals surface area contributed by atoms with Gasteiger partial charge >= 0.3 is 11.9 Å². The molecule has 5 heteroatoms. The Hall–Kier alpha value is -2.92. The van der Waals surface area contributed by atoms with Crippen LogP contribution in [0.25, 0.3) is 0 Å². The molecular weight excluding hydrogens is 693 g/mol. The van der Waals surface area contributed by atoms with Gasteiger partial charge in [-0.1, -0.05) is 183 Å². The molecule has 0 rings (SSSR count). The molecule has 0 bridgehead atoms. The number of ether oxygens (including phenoxy) is 3. The first kappa shape index (κ1) is 53.1. The molecule has 5 nitrogen and oxygen atoms in total. The van der Waals surface area contributed by atoms with E-state index in [0.717, 1.165) is 103 Å². The molecule has 0 N–H and O–H groups in total. The van der Waals surface area contributed by atoms with E-state index in [1.807, 2.05) is 0 Å².